The highest BCUT2D eigenvalue weighted by Gasteiger charge is 2.14. The highest BCUT2D eigenvalue weighted by atomic mass is 32.2. The summed E-state index contributed by atoms with van der Waals surface area (Å²) in [4.78, 5) is 3.64. The van der Waals surface area contributed by atoms with Gasteiger partial charge in [-0.2, -0.15) is 0 Å². The number of rotatable bonds is 3. The second-order valence-electron chi connectivity index (χ2n) is 2.99. The van der Waals surface area contributed by atoms with Gasteiger partial charge in [0.25, 0.3) is 5.22 Å². The molecule has 84 valence electrons. The van der Waals surface area contributed by atoms with Crippen molar-refractivity contribution in [3.63, 3.8) is 0 Å². The predicted molar refractivity (Wildman–Crippen MR) is 54.9 cm³/mol. The molecule has 0 aliphatic heterocycles. The van der Waals surface area contributed by atoms with E-state index in [9.17, 15) is 8.78 Å². The number of aromatic nitrogens is 1. The Balaban J connectivity index is 2.34. The van der Waals surface area contributed by atoms with Crippen molar-refractivity contribution in [1.82, 2.24) is 4.98 Å². The lowest BCUT2D eigenvalue weighted by atomic mass is 10.2. The molecule has 2 N–H and O–H groups in total. The van der Waals surface area contributed by atoms with Crippen LogP contribution in [0.2, 0.25) is 0 Å². The molecule has 16 heavy (non-hydrogen) atoms. The maximum Gasteiger partial charge on any atom is 0.260 e. The molecule has 2 aromatic rings. The molecule has 1 aromatic heterocycles. The molecule has 0 unspecified atom stereocenters. The van der Waals surface area contributed by atoms with E-state index in [0.29, 0.717) is 5.56 Å². The Morgan fingerprint density at radius 2 is 2.00 bits per heavy atom. The van der Waals surface area contributed by atoms with Crippen LogP contribution in [0.15, 0.2) is 39.1 Å². The zero-order chi connectivity index (χ0) is 11.5. The van der Waals surface area contributed by atoms with Crippen LogP contribution < -0.4 is 5.73 Å². The minimum absolute atomic E-state index is 0.0950. The zero-order valence-electron chi connectivity index (χ0n) is 8.11. The first-order valence-electron chi connectivity index (χ1n) is 4.46. The summed E-state index contributed by atoms with van der Waals surface area (Å²) in [7, 11) is 0. The maximum atomic E-state index is 13.5. The molecule has 0 fully saturated rings. The van der Waals surface area contributed by atoms with Gasteiger partial charge in [0, 0.05) is 6.54 Å². The first-order valence-corrected chi connectivity index (χ1v) is 5.27. The molecule has 0 radical (unpaired) electrons. The van der Waals surface area contributed by atoms with Gasteiger partial charge in [-0.05, 0) is 29.5 Å². The summed E-state index contributed by atoms with van der Waals surface area (Å²) in [6.45, 7) is 0.0950. The molecule has 1 aromatic carbocycles. The molecule has 0 atom stereocenters. The van der Waals surface area contributed by atoms with Crippen molar-refractivity contribution in [3.8, 4) is 0 Å². The Morgan fingerprint density at radius 1 is 1.31 bits per heavy atom. The van der Waals surface area contributed by atoms with Gasteiger partial charge >= 0.3 is 0 Å². The highest BCUT2D eigenvalue weighted by molar-refractivity contribution is 7.99. The summed E-state index contributed by atoms with van der Waals surface area (Å²) in [5.74, 6) is -1.33. The van der Waals surface area contributed by atoms with Gasteiger partial charge in [-0.1, -0.05) is 0 Å². The third-order valence-corrected chi connectivity index (χ3v) is 2.86. The van der Waals surface area contributed by atoms with Gasteiger partial charge in [0.2, 0.25) is 0 Å². The Morgan fingerprint density at radius 3 is 2.50 bits per heavy atom. The second kappa shape index (κ2) is 4.63. The van der Waals surface area contributed by atoms with Gasteiger partial charge in [-0.3, -0.25) is 0 Å². The summed E-state index contributed by atoms with van der Waals surface area (Å²) in [6.07, 6.45) is 2.75. The third kappa shape index (κ3) is 2.23. The lowest BCUT2D eigenvalue weighted by Gasteiger charge is -2.04. The van der Waals surface area contributed by atoms with E-state index < -0.39 is 11.6 Å². The quantitative estimate of drug-likeness (QED) is 0.898. The third-order valence-electron chi connectivity index (χ3n) is 1.89. The van der Waals surface area contributed by atoms with Crippen LogP contribution in [0.1, 0.15) is 5.56 Å². The molecular formula is C10H8F2N2OS. The average Bonchev–Trinajstić information content (AvgIpc) is 2.75. The van der Waals surface area contributed by atoms with Crippen LogP contribution in [-0.2, 0) is 6.54 Å². The molecule has 0 aliphatic rings. The fourth-order valence-electron chi connectivity index (χ4n) is 1.18. The van der Waals surface area contributed by atoms with E-state index >= 15 is 0 Å². The normalized spacial score (nSPS) is 10.7. The summed E-state index contributed by atoms with van der Waals surface area (Å²) in [5.41, 5.74) is 5.71. The van der Waals surface area contributed by atoms with E-state index in [4.69, 9.17) is 10.2 Å². The maximum absolute atomic E-state index is 13.5. The number of nitrogens with zero attached hydrogens (tertiary/aromatic N) is 1. The van der Waals surface area contributed by atoms with Crippen molar-refractivity contribution in [2.45, 2.75) is 16.7 Å². The smallest absolute Gasteiger partial charge is 0.260 e. The van der Waals surface area contributed by atoms with Crippen LogP contribution in [0.5, 0.6) is 0 Å². The highest BCUT2D eigenvalue weighted by Crippen LogP contribution is 2.31. The van der Waals surface area contributed by atoms with Crippen molar-refractivity contribution in [2.75, 3.05) is 0 Å². The van der Waals surface area contributed by atoms with E-state index in [1.165, 1.54) is 24.6 Å². The second-order valence-corrected chi connectivity index (χ2v) is 3.95. The van der Waals surface area contributed by atoms with Gasteiger partial charge in [-0.15, -0.1) is 0 Å². The van der Waals surface area contributed by atoms with Crippen LogP contribution in [0.25, 0.3) is 0 Å². The van der Waals surface area contributed by atoms with Gasteiger partial charge in [-0.25, -0.2) is 13.8 Å². The Kier molecular flexibility index (Phi) is 3.21. The molecule has 0 amide bonds. The first kappa shape index (κ1) is 11.1. The molecule has 2 rings (SSSR count). The average molecular weight is 242 g/mol. The van der Waals surface area contributed by atoms with Crippen molar-refractivity contribution < 1.29 is 13.2 Å². The summed E-state index contributed by atoms with van der Waals surface area (Å²) in [6, 6.07) is 2.41. The van der Waals surface area contributed by atoms with Gasteiger partial charge in [0.1, 0.15) is 17.9 Å². The molecule has 3 nitrogen and oxygen atoms in total. The van der Waals surface area contributed by atoms with Crippen LogP contribution in [0.4, 0.5) is 8.78 Å². The largest absolute Gasteiger partial charge is 0.440 e. The monoisotopic (exact) mass is 242 g/mol. The number of oxazole rings is 1. The molecule has 0 spiro atoms. The van der Waals surface area contributed by atoms with E-state index in [1.54, 1.807) is 0 Å². The molecule has 0 saturated carbocycles. The molecule has 1 heterocycles. The minimum Gasteiger partial charge on any atom is -0.440 e. The molecule has 0 saturated heterocycles. The van der Waals surface area contributed by atoms with E-state index in [1.807, 2.05) is 0 Å². The fraction of sp³-hybridized carbons (Fsp3) is 0.100. The zero-order valence-corrected chi connectivity index (χ0v) is 8.93. The first-order chi connectivity index (χ1) is 7.70. The number of halogens is 2. The number of nitrogens with two attached hydrogens (primary N) is 1. The molecular weight excluding hydrogens is 234 g/mol. The topological polar surface area (TPSA) is 52.0 Å². The van der Waals surface area contributed by atoms with Gasteiger partial charge in [0.05, 0.1) is 11.1 Å². The molecule has 6 heteroatoms. The Labute approximate surface area is 94.7 Å². The number of hydrogen-bond donors (Lipinski definition) is 1. The summed E-state index contributed by atoms with van der Waals surface area (Å²) < 4.78 is 31.9. The van der Waals surface area contributed by atoms with Crippen molar-refractivity contribution in [3.05, 3.63) is 41.8 Å². The SMILES string of the molecule is NCc1cc(F)c(Sc2ncco2)c(F)c1. The lowest BCUT2D eigenvalue weighted by Crippen LogP contribution is -1.99. The van der Waals surface area contributed by atoms with Crippen LogP contribution in [0, 0.1) is 11.6 Å². The summed E-state index contributed by atoms with van der Waals surface area (Å²) in [5, 5.41) is 0.193. The number of hydrogen-bond acceptors (Lipinski definition) is 4. The van der Waals surface area contributed by atoms with Crippen molar-refractivity contribution in [1.29, 1.82) is 0 Å². The van der Waals surface area contributed by atoms with E-state index in [-0.39, 0.29) is 16.7 Å². The van der Waals surface area contributed by atoms with Crippen LogP contribution >= 0.6 is 11.8 Å². The number of benzene rings is 1. The van der Waals surface area contributed by atoms with E-state index in [0.717, 1.165) is 11.8 Å². The van der Waals surface area contributed by atoms with Crippen LogP contribution in [-0.4, -0.2) is 4.98 Å². The minimum atomic E-state index is -0.663. The van der Waals surface area contributed by atoms with Crippen molar-refractivity contribution in [2.24, 2.45) is 5.73 Å². The predicted octanol–water partition coefficient (Wildman–Crippen LogP) is 2.56. The fourth-order valence-corrected chi connectivity index (χ4v) is 1.88. The van der Waals surface area contributed by atoms with Crippen molar-refractivity contribution >= 4 is 11.8 Å². The Bertz CT molecular complexity index is 465. The molecule has 0 aliphatic carbocycles. The van der Waals surface area contributed by atoms with Gasteiger partial charge in [0.15, 0.2) is 0 Å². The molecule has 0 bridgehead atoms. The van der Waals surface area contributed by atoms with Crippen LogP contribution in [0.3, 0.4) is 0 Å². The summed E-state index contributed by atoms with van der Waals surface area (Å²) >= 11 is 0.798. The Hall–Kier alpha value is -1.40. The lowest BCUT2D eigenvalue weighted by molar-refractivity contribution is 0.452. The standard InChI is InChI=1S/C10H8F2N2OS/c11-7-3-6(5-13)4-8(12)9(7)16-10-14-1-2-15-10/h1-4H,5,13H2. The van der Waals surface area contributed by atoms with Gasteiger partial charge < -0.3 is 10.2 Å². The van der Waals surface area contributed by atoms with E-state index in [2.05, 4.69) is 4.98 Å².